The molecule has 164 valence electrons. The molecule has 0 aliphatic rings. The third-order valence-corrected chi connectivity index (χ3v) is 4.96. The minimum absolute atomic E-state index is 0.0770. The Labute approximate surface area is 183 Å². The molecule has 1 heterocycles. The van der Waals surface area contributed by atoms with Crippen molar-refractivity contribution in [2.45, 2.75) is 26.1 Å². The lowest BCUT2D eigenvalue weighted by atomic mass is 10.2. The van der Waals surface area contributed by atoms with Gasteiger partial charge in [0.25, 0.3) is 0 Å². The number of nitrogens with zero attached hydrogens (tertiary/aromatic N) is 3. The molecule has 10 heteroatoms. The number of carbonyl (C=O) groups excluding carboxylic acids is 1. The summed E-state index contributed by atoms with van der Waals surface area (Å²) in [6.45, 7) is -2.16. The predicted molar refractivity (Wildman–Crippen MR) is 114 cm³/mol. The lowest BCUT2D eigenvalue weighted by molar-refractivity contribution is -0.130. The van der Waals surface area contributed by atoms with E-state index in [1.165, 1.54) is 12.1 Å². The molecule has 0 radical (unpaired) electrons. The molecule has 3 aromatic rings. The second kappa shape index (κ2) is 10.2. The van der Waals surface area contributed by atoms with Crippen molar-refractivity contribution in [1.29, 1.82) is 0 Å². The number of aromatic amines is 1. The van der Waals surface area contributed by atoms with E-state index in [-0.39, 0.29) is 18.1 Å². The quantitative estimate of drug-likeness (QED) is 0.495. The molecule has 31 heavy (non-hydrogen) atoms. The average Bonchev–Trinajstić information content (AvgIpc) is 3.13. The molecule has 0 fully saturated rings. The summed E-state index contributed by atoms with van der Waals surface area (Å²) in [4.78, 5) is 14.2. The van der Waals surface area contributed by atoms with Crippen LogP contribution in [0.2, 0.25) is 0 Å². The van der Waals surface area contributed by atoms with E-state index in [1.54, 1.807) is 35.8 Å². The smallest absolute Gasteiger partial charge is 0.387 e. The number of H-pyrrole nitrogens is 1. The van der Waals surface area contributed by atoms with Gasteiger partial charge < -0.3 is 14.4 Å². The molecule has 0 atom stereocenters. The number of nitrogens with one attached hydrogen (secondary N) is 1. The zero-order chi connectivity index (χ0) is 22.4. The van der Waals surface area contributed by atoms with Gasteiger partial charge in [0.2, 0.25) is 5.91 Å². The molecule has 2 aromatic carbocycles. The van der Waals surface area contributed by atoms with Crippen molar-refractivity contribution < 1.29 is 23.0 Å². The first-order valence-electron chi connectivity index (χ1n) is 9.44. The summed E-state index contributed by atoms with van der Waals surface area (Å²) < 4.78 is 36.2. The van der Waals surface area contributed by atoms with Gasteiger partial charge >= 0.3 is 6.61 Å². The minimum atomic E-state index is -2.87. The standard InChI is InChI=1S/C21H22F2N4O3S/c1-26(13-14-3-7-17(8-4-14)30-20(22)23)18(28)11-12-27-19(24-25-21(27)31)15-5-9-16(29-2)10-6-15/h3-10,20H,11-13H2,1-2H3,(H,25,31). The lowest BCUT2D eigenvalue weighted by Crippen LogP contribution is -2.27. The molecule has 0 unspecified atom stereocenters. The van der Waals surface area contributed by atoms with Crippen LogP contribution in [0, 0.1) is 4.77 Å². The van der Waals surface area contributed by atoms with Crippen molar-refractivity contribution in [3.8, 4) is 22.9 Å². The van der Waals surface area contributed by atoms with Crippen molar-refractivity contribution in [3.63, 3.8) is 0 Å². The molecule has 0 saturated carbocycles. The predicted octanol–water partition coefficient (Wildman–Crippen LogP) is 4.27. The van der Waals surface area contributed by atoms with E-state index in [2.05, 4.69) is 14.9 Å². The molecule has 1 N–H and O–H groups in total. The summed E-state index contributed by atoms with van der Waals surface area (Å²) in [5.41, 5.74) is 1.65. The Hall–Kier alpha value is -3.27. The zero-order valence-corrected chi connectivity index (χ0v) is 17.9. The molecule has 1 amide bonds. The molecule has 1 aromatic heterocycles. The monoisotopic (exact) mass is 448 g/mol. The van der Waals surface area contributed by atoms with Gasteiger partial charge in [0.1, 0.15) is 11.5 Å². The Balaban J connectivity index is 1.61. The van der Waals surface area contributed by atoms with Crippen LogP contribution in [0.3, 0.4) is 0 Å². The largest absolute Gasteiger partial charge is 0.497 e. The van der Waals surface area contributed by atoms with E-state index in [1.807, 2.05) is 24.3 Å². The molecule has 0 aliphatic carbocycles. The Morgan fingerprint density at radius 2 is 1.81 bits per heavy atom. The van der Waals surface area contributed by atoms with E-state index in [0.29, 0.717) is 23.7 Å². The normalized spacial score (nSPS) is 10.9. The van der Waals surface area contributed by atoms with E-state index in [0.717, 1.165) is 16.9 Å². The van der Waals surface area contributed by atoms with E-state index in [9.17, 15) is 13.6 Å². The van der Waals surface area contributed by atoms with Gasteiger partial charge in [-0.05, 0) is 54.2 Å². The number of hydrogen-bond acceptors (Lipinski definition) is 5. The van der Waals surface area contributed by atoms with Crippen molar-refractivity contribution in [3.05, 3.63) is 58.9 Å². The Kier molecular flexibility index (Phi) is 7.35. The average molecular weight is 448 g/mol. The first kappa shape index (κ1) is 22.4. The van der Waals surface area contributed by atoms with Crippen molar-refractivity contribution in [2.24, 2.45) is 0 Å². The SMILES string of the molecule is COc1ccc(-c2n[nH]c(=S)n2CCC(=O)N(C)Cc2ccc(OC(F)F)cc2)cc1. The number of rotatable bonds is 9. The van der Waals surface area contributed by atoms with Gasteiger partial charge in [-0.1, -0.05) is 12.1 Å². The second-order valence-corrected chi connectivity index (χ2v) is 7.14. The second-order valence-electron chi connectivity index (χ2n) is 6.75. The van der Waals surface area contributed by atoms with Crippen molar-refractivity contribution >= 4 is 18.1 Å². The van der Waals surface area contributed by atoms with Gasteiger partial charge in [0.15, 0.2) is 10.6 Å². The number of aromatic nitrogens is 3. The molecule has 0 bridgehead atoms. The third-order valence-electron chi connectivity index (χ3n) is 4.65. The van der Waals surface area contributed by atoms with Crippen molar-refractivity contribution in [2.75, 3.05) is 14.2 Å². The molecule has 0 saturated heterocycles. The topological polar surface area (TPSA) is 72.4 Å². The molecular formula is C21H22F2N4O3S. The number of methoxy groups -OCH3 is 1. The van der Waals surface area contributed by atoms with Gasteiger partial charge in [0, 0.05) is 32.1 Å². The fourth-order valence-corrected chi connectivity index (χ4v) is 3.25. The van der Waals surface area contributed by atoms with Crippen LogP contribution < -0.4 is 9.47 Å². The van der Waals surface area contributed by atoms with Crippen LogP contribution in [0.4, 0.5) is 8.78 Å². The number of alkyl halides is 2. The van der Waals surface area contributed by atoms with Gasteiger partial charge in [-0.15, -0.1) is 0 Å². The first-order chi connectivity index (χ1) is 14.9. The van der Waals surface area contributed by atoms with Gasteiger partial charge in [0.05, 0.1) is 7.11 Å². The van der Waals surface area contributed by atoms with Crippen LogP contribution in [-0.2, 0) is 17.9 Å². The summed E-state index contributed by atoms with van der Waals surface area (Å²) in [6, 6.07) is 13.6. The highest BCUT2D eigenvalue weighted by molar-refractivity contribution is 7.71. The van der Waals surface area contributed by atoms with Crippen LogP contribution in [-0.4, -0.2) is 46.3 Å². The molecular weight excluding hydrogens is 426 g/mol. The minimum Gasteiger partial charge on any atom is -0.497 e. The van der Waals surface area contributed by atoms with Gasteiger partial charge in [-0.3, -0.25) is 14.5 Å². The van der Waals surface area contributed by atoms with Crippen molar-refractivity contribution in [1.82, 2.24) is 19.7 Å². The maximum atomic E-state index is 12.6. The highest BCUT2D eigenvalue weighted by Crippen LogP contribution is 2.21. The molecule has 0 spiro atoms. The van der Waals surface area contributed by atoms with E-state index >= 15 is 0 Å². The third kappa shape index (κ3) is 5.88. The zero-order valence-electron chi connectivity index (χ0n) is 17.0. The van der Waals surface area contributed by atoms with Crippen LogP contribution in [0.15, 0.2) is 48.5 Å². The summed E-state index contributed by atoms with van der Waals surface area (Å²) in [5.74, 6) is 1.36. The van der Waals surface area contributed by atoms with Crippen LogP contribution in [0.1, 0.15) is 12.0 Å². The number of benzene rings is 2. The summed E-state index contributed by atoms with van der Waals surface area (Å²) >= 11 is 5.32. The fraction of sp³-hybridized carbons (Fsp3) is 0.286. The number of hydrogen-bond donors (Lipinski definition) is 1. The first-order valence-corrected chi connectivity index (χ1v) is 9.85. The fourth-order valence-electron chi connectivity index (χ4n) is 3.02. The number of ether oxygens (including phenoxy) is 2. The van der Waals surface area contributed by atoms with Gasteiger partial charge in [-0.2, -0.15) is 13.9 Å². The van der Waals surface area contributed by atoms with Crippen LogP contribution in [0.5, 0.6) is 11.5 Å². The summed E-state index contributed by atoms with van der Waals surface area (Å²) in [6.07, 6.45) is 0.222. The van der Waals surface area contributed by atoms with E-state index < -0.39 is 6.61 Å². The number of carbonyl (C=O) groups is 1. The van der Waals surface area contributed by atoms with Crippen LogP contribution >= 0.6 is 12.2 Å². The number of halogens is 2. The highest BCUT2D eigenvalue weighted by Gasteiger charge is 2.14. The summed E-state index contributed by atoms with van der Waals surface area (Å²) in [5, 5.41) is 7.05. The molecule has 3 rings (SSSR count). The maximum absolute atomic E-state index is 12.6. The van der Waals surface area contributed by atoms with Gasteiger partial charge in [-0.25, -0.2) is 0 Å². The van der Waals surface area contributed by atoms with Crippen LogP contribution in [0.25, 0.3) is 11.4 Å². The number of amides is 1. The summed E-state index contributed by atoms with van der Waals surface area (Å²) in [7, 11) is 3.28. The highest BCUT2D eigenvalue weighted by atomic mass is 32.1. The Bertz CT molecular complexity index is 1070. The lowest BCUT2D eigenvalue weighted by Gasteiger charge is -2.18. The van der Waals surface area contributed by atoms with E-state index in [4.69, 9.17) is 17.0 Å². The molecule has 0 aliphatic heterocycles. The maximum Gasteiger partial charge on any atom is 0.387 e. The Morgan fingerprint density at radius 3 is 2.42 bits per heavy atom. The molecule has 7 nitrogen and oxygen atoms in total. The Morgan fingerprint density at radius 1 is 1.16 bits per heavy atom.